The number of fused-ring (bicyclic) bond motifs is 1. The van der Waals surface area contributed by atoms with Crippen LogP contribution in [0.15, 0.2) is 24.3 Å². The molecule has 1 aliphatic heterocycles. The normalized spacial score (nSPS) is 29.1. The van der Waals surface area contributed by atoms with Crippen molar-refractivity contribution >= 4 is 11.8 Å². The third-order valence-corrected chi connectivity index (χ3v) is 4.27. The average molecular weight is 323 g/mol. The Morgan fingerprint density at radius 1 is 1.30 bits per heavy atom. The first-order valence-corrected chi connectivity index (χ1v) is 7.34. The Kier molecular flexibility index (Phi) is 4.44. The summed E-state index contributed by atoms with van der Waals surface area (Å²) >= 11 is 0. The van der Waals surface area contributed by atoms with Gasteiger partial charge in [0.15, 0.2) is 0 Å². The van der Waals surface area contributed by atoms with E-state index in [0.717, 1.165) is 0 Å². The Morgan fingerprint density at radius 2 is 2.04 bits per heavy atom. The minimum Gasteiger partial charge on any atom is -0.431 e. The number of nitro benzene ring substituents is 1. The van der Waals surface area contributed by atoms with Crippen molar-refractivity contribution < 1.29 is 28.7 Å². The second-order valence-corrected chi connectivity index (χ2v) is 5.62. The number of rotatable bonds is 4. The summed E-state index contributed by atoms with van der Waals surface area (Å²) in [7, 11) is 1.65. The molecule has 1 heterocycles. The summed E-state index contributed by atoms with van der Waals surface area (Å²) in [5, 5.41) is 10.6. The molecule has 2 fully saturated rings. The lowest BCUT2D eigenvalue weighted by molar-refractivity contribution is -0.384. The van der Waals surface area contributed by atoms with E-state index in [1.54, 1.807) is 7.11 Å². The van der Waals surface area contributed by atoms with Crippen LogP contribution >= 0.6 is 0 Å². The zero-order valence-corrected chi connectivity index (χ0v) is 12.5. The number of benzene rings is 1. The maximum absolute atomic E-state index is 11.8. The summed E-state index contributed by atoms with van der Waals surface area (Å²) in [6.07, 6.45) is 0.306. The van der Waals surface area contributed by atoms with Crippen LogP contribution in [0.2, 0.25) is 0 Å². The molecule has 0 amide bonds. The van der Waals surface area contributed by atoms with Crippen molar-refractivity contribution in [2.45, 2.75) is 31.2 Å². The molecule has 0 bridgehead atoms. The largest absolute Gasteiger partial charge is 0.514 e. The maximum Gasteiger partial charge on any atom is 0.514 e. The molecule has 0 aromatic heterocycles. The summed E-state index contributed by atoms with van der Waals surface area (Å²) in [5.74, 6) is 0.432. The van der Waals surface area contributed by atoms with Crippen LogP contribution < -0.4 is 4.74 Å². The molecule has 0 N–H and O–H groups in total. The van der Waals surface area contributed by atoms with Crippen LogP contribution in [-0.2, 0) is 14.2 Å². The standard InChI is InChI=1S/C15H17NO7/c1-20-14-8-21-13-7-11(6-12(13)14)23-15(17)22-10-4-2-9(3-5-10)16(18)19/h2-5,11-14H,6-8H2,1H3/t11-,12+,13-,14+/m1/s1. The fourth-order valence-corrected chi connectivity index (χ4v) is 3.14. The fraction of sp³-hybridized carbons (Fsp3) is 0.533. The molecule has 2 aliphatic rings. The van der Waals surface area contributed by atoms with E-state index in [0.29, 0.717) is 19.4 Å². The second kappa shape index (κ2) is 6.51. The number of carbonyl (C=O) groups is 1. The first kappa shape index (κ1) is 15.7. The van der Waals surface area contributed by atoms with Gasteiger partial charge in [0.2, 0.25) is 0 Å². The van der Waals surface area contributed by atoms with Crippen LogP contribution in [-0.4, -0.2) is 43.1 Å². The van der Waals surface area contributed by atoms with Gasteiger partial charge in [-0.25, -0.2) is 4.79 Å². The Morgan fingerprint density at radius 3 is 2.70 bits per heavy atom. The van der Waals surface area contributed by atoms with Gasteiger partial charge in [-0.15, -0.1) is 0 Å². The summed E-state index contributed by atoms with van der Waals surface area (Å²) in [5.41, 5.74) is -0.0721. The lowest BCUT2D eigenvalue weighted by Crippen LogP contribution is -2.23. The highest BCUT2D eigenvalue weighted by molar-refractivity contribution is 5.64. The maximum atomic E-state index is 11.8. The van der Waals surface area contributed by atoms with E-state index in [1.165, 1.54) is 24.3 Å². The van der Waals surface area contributed by atoms with Crippen molar-refractivity contribution in [2.75, 3.05) is 13.7 Å². The number of methoxy groups -OCH3 is 1. The van der Waals surface area contributed by atoms with Crippen LogP contribution in [0.25, 0.3) is 0 Å². The molecule has 0 unspecified atom stereocenters. The Balaban J connectivity index is 1.51. The zero-order valence-electron chi connectivity index (χ0n) is 12.5. The average Bonchev–Trinajstić information content (AvgIpc) is 3.07. The topological polar surface area (TPSA) is 97.1 Å². The van der Waals surface area contributed by atoms with Crippen molar-refractivity contribution in [2.24, 2.45) is 5.92 Å². The van der Waals surface area contributed by atoms with Gasteiger partial charge in [0.1, 0.15) is 11.9 Å². The molecule has 3 rings (SSSR count). The summed E-state index contributed by atoms with van der Waals surface area (Å²) < 4.78 is 21.3. The van der Waals surface area contributed by atoms with Crippen LogP contribution in [0.3, 0.4) is 0 Å². The molecule has 0 spiro atoms. The molecular formula is C15H17NO7. The van der Waals surface area contributed by atoms with Crippen molar-refractivity contribution in [3.63, 3.8) is 0 Å². The summed E-state index contributed by atoms with van der Waals surface area (Å²) in [4.78, 5) is 21.8. The second-order valence-electron chi connectivity index (χ2n) is 5.62. The van der Waals surface area contributed by atoms with Crippen molar-refractivity contribution in [1.82, 2.24) is 0 Å². The number of nitro groups is 1. The molecule has 0 radical (unpaired) electrons. The van der Waals surface area contributed by atoms with Gasteiger partial charge in [0.25, 0.3) is 5.69 Å². The number of nitrogens with zero attached hydrogens (tertiary/aromatic N) is 1. The van der Waals surface area contributed by atoms with Gasteiger partial charge in [-0.3, -0.25) is 10.1 Å². The quantitative estimate of drug-likeness (QED) is 0.363. The predicted octanol–water partition coefficient (Wildman–Crippen LogP) is 2.30. The first-order chi connectivity index (χ1) is 11.1. The minimum absolute atomic E-state index is 0.0410. The molecule has 23 heavy (non-hydrogen) atoms. The van der Waals surface area contributed by atoms with Crippen molar-refractivity contribution in [1.29, 1.82) is 0 Å². The van der Waals surface area contributed by atoms with Crippen LogP contribution in [0, 0.1) is 16.0 Å². The molecule has 124 valence electrons. The Labute approximate surface area is 132 Å². The zero-order chi connectivity index (χ0) is 16.4. The highest BCUT2D eigenvalue weighted by atomic mass is 16.7. The molecule has 4 atom stereocenters. The van der Waals surface area contributed by atoms with E-state index >= 15 is 0 Å². The lowest BCUT2D eigenvalue weighted by atomic mass is 10.0. The monoisotopic (exact) mass is 323 g/mol. The van der Waals surface area contributed by atoms with Gasteiger partial charge in [-0.05, 0) is 18.6 Å². The van der Waals surface area contributed by atoms with E-state index in [9.17, 15) is 14.9 Å². The Hall–Kier alpha value is -2.19. The smallest absolute Gasteiger partial charge is 0.431 e. The van der Waals surface area contributed by atoms with E-state index in [-0.39, 0.29) is 35.7 Å². The van der Waals surface area contributed by atoms with E-state index in [2.05, 4.69) is 0 Å². The lowest BCUT2D eigenvalue weighted by Gasteiger charge is -2.15. The molecular weight excluding hydrogens is 306 g/mol. The van der Waals surface area contributed by atoms with Gasteiger partial charge in [-0.2, -0.15) is 0 Å². The number of carbonyl (C=O) groups excluding carboxylic acids is 1. The van der Waals surface area contributed by atoms with Gasteiger partial charge in [0.05, 0.1) is 23.7 Å². The SMILES string of the molecule is CO[C@H]1CO[C@@H]2C[C@H](OC(=O)Oc3ccc([N+](=O)[O-])cc3)C[C@H]12. The van der Waals surface area contributed by atoms with Crippen molar-refractivity contribution in [3.8, 4) is 5.75 Å². The van der Waals surface area contributed by atoms with Crippen LogP contribution in [0.4, 0.5) is 10.5 Å². The van der Waals surface area contributed by atoms with Crippen LogP contribution in [0.1, 0.15) is 12.8 Å². The summed E-state index contributed by atoms with van der Waals surface area (Å²) in [6, 6.07) is 5.24. The Bertz CT molecular complexity index is 588. The summed E-state index contributed by atoms with van der Waals surface area (Å²) in [6.45, 7) is 0.575. The number of ether oxygens (including phenoxy) is 4. The predicted molar refractivity (Wildman–Crippen MR) is 77.3 cm³/mol. The first-order valence-electron chi connectivity index (χ1n) is 7.34. The van der Waals surface area contributed by atoms with Gasteiger partial charge in [0, 0.05) is 31.6 Å². The van der Waals surface area contributed by atoms with E-state index in [4.69, 9.17) is 18.9 Å². The molecule has 1 aromatic carbocycles. The highest BCUT2D eigenvalue weighted by Gasteiger charge is 2.46. The van der Waals surface area contributed by atoms with Gasteiger partial charge in [-0.1, -0.05) is 0 Å². The minimum atomic E-state index is -0.821. The number of hydrogen-bond acceptors (Lipinski definition) is 7. The molecule has 1 saturated carbocycles. The number of hydrogen-bond donors (Lipinski definition) is 0. The third kappa shape index (κ3) is 3.43. The molecule has 8 nitrogen and oxygen atoms in total. The molecule has 1 aromatic rings. The van der Waals surface area contributed by atoms with Crippen molar-refractivity contribution in [3.05, 3.63) is 34.4 Å². The fourth-order valence-electron chi connectivity index (χ4n) is 3.14. The molecule has 8 heteroatoms. The van der Waals surface area contributed by atoms with E-state index < -0.39 is 11.1 Å². The molecule has 1 saturated heterocycles. The van der Waals surface area contributed by atoms with Gasteiger partial charge >= 0.3 is 6.16 Å². The number of non-ortho nitro benzene ring substituents is 1. The van der Waals surface area contributed by atoms with Gasteiger partial charge < -0.3 is 18.9 Å². The van der Waals surface area contributed by atoms with Crippen LogP contribution in [0.5, 0.6) is 5.75 Å². The third-order valence-electron chi connectivity index (χ3n) is 4.27. The molecule has 1 aliphatic carbocycles. The highest BCUT2D eigenvalue weighted by Crippen LogP contribution is 2.38. The van der Waals surface area contributed by atoms with E-state index in [1.807, 2.05) is 0 Å².